The molecule has 12 heteroatoms. The Morgan fingerprint density at radius 3 is 2.58 bits per heavy atom. The second kappa shape index (κ2) is 12.0. The third kappa shape index (κ3) is 6.72. The van der Waals surface area contributed by atoms with E-state index in [2.05, 4.69) is 30.7 Å². The summed E-state index contributed by atoms with van der Waals surface area (Å²) in [6, 6.07) is 12.8. The van der Waals surface area contributed by atoms with Gasteiger partial charge in [-0.15, -0.1) is 0 Å². The average molecular weight is 549 g/mol. The number of alkyl halides is 3. The van der Waals surface area contributed by atoms with Gasteiger partial charge in [-0.1, -0.05) is 29.8 Å². The Hall–Kier alpha value is -3.41. The van der Waals surface area contributed by atoms with Crippen LogP contribution in [0.15, 0.2) is 48.7 Å². The number of nitrogens with zero attached hydrogens (tertiary/aromatic N) is 3. The quantitative estimate of drug-likeness (QED) is 0.367. The smallest absolute Gasteiger partial charge is 0.371 e. The second-order valence-corrected chi connectivity index (χ2v) is 9.22. The summed E-state index contributed by atoms with van der Waals surface area (Å²) in [5, 5.41) is 9.14. The molecule has 0 saturated heterocycles. The lowest BCUT2D eigenvalue weighted by atomic mass is 10.0. The number of ether oxygens (including phenoxy) is 1. The molecule has 1 aliphatic heterocycles. The highest BCUT2D eigenvalue weighted by Crippen LogP contribution is 2.29. The van der Waals surface area contributed by atoms with Crippen LogP contribution in [0.4, 0.5) is 36.3 Å². The van der Waals surface area contributed by atoms with Crippen LogP contribution in [0.5, 0.6) is 0 Å². The summed E-state index contributed by atoms with van der Waals surface area (Å²) in [5.74, 6) is 0.359. The van der Waals surface area contributed by atoms with E-state index < -0.39 is 12.3 Å². The summed E-state index contributed by atoms with van der Waals surface area (Å²) in [6.07, 6.45) is -3.52. The molecule has 0 spiro atoms. The molecule has 8 nitrogen and oxygen atoms in total. The van der Waals surface area contributed by atoms with E-state index in [1.807, 2.05) is 18.2 Å². The molecule has 38 heavy (non-hydrogen) atoms. The van der Waals surface area contributed by atoms with E-state index in [9.17, 15) is 18.0 Å². The van der Waals surface area contributed by atoms with Gasteiger partial charge in [0.05, 0.1) is 17.4 Å². The molecule has 1 atom stereocenters. The van der Waals surface area contributed by atoms with Gasteiger partial charge in [0.15, 0.2) is 11.9 Å². The molecule has 2 heterocycles. The number of carbonyl (C=O) groups is 1. The zero-order valence-electron chi connectivity index (χ0n) is 20.9. The molecular formula is C26H28ClF3N6O2. The summed E-state index contributed by atoms with van der Waals surface area (Å²) in [4.78, 5) is 22.7. The number of amides is 1. The first-order chi connectivity index (χ1) is 18.2. The Labute approximate surface area is 223 Å². The van der Waals surface area contributed by atoms with Crippen molar-refractivity contribution in [2.75, 3.05) is 44.4 Å². The van der Waals surface area contributed by atoms with Gasteiger partial charge in [-0.05, 0) is 48.2 Å². The van der Waals surface area contributed by atoms with E-state index in [-0.39, 0.29) is 23.4 Å². The van der Waals surface area contributed by atoms with Crippen molar-refractivity contribution in [1.82, 2.24) is 20.2 Å². The highest BCUT2D eigenvalue weighted by molar-refractivity contribution is 6.33. The number of anilines is 4. The van der Waals surface area contributed by atoms with Gasteiger partial charge < -0.3 is 20.7 Å². The van der Waals surface area contributed by atoms with E-state index in [0.717, 1.165) is 23.9 Å². The lowest BCUT2D eigenvalue weighted by Crippen LogP contribution is -2.43. The number of carbonyl (C=O) groups excluding carboxylic acids is 1. The summed E-state index contributed by atoms with van der Waals surface area (Å²) in [6.45, 7) is 0.807. The van der Waals surface area contributed by atoms with Crippen LogP contribution in [-0.4, -0.2) is 66.8 Å². The predicted octanol–water partition coefficient (Wildman–Crippen LogP) is 4.95. The van der Waals surface area contributed by atoms with Crippen LogP contribution in [-0.2, 0) is 17.6 Å². The van der Waals surface area contributed by atoms with Crippen LogP contribution in [0.25, 0.3) is 0 Å². The number of rotatable bonds is 8. The van der Waals surface area contributed by atoms with Crippen molar-refractivity contribution in [1.29, 1.82) is 0 Å². The molecule has 0 radical (unpaired) electrons. The number of hydrogen-bond donors (Lipinski definition) is 3. The number of methoxy groups -OCH3 is 1. The molecule has 0 saturated carbocycles. The van der Waals surface area contributed by atoms with Gasteiger partial charge in [-0.2, -0.15) is 18.2 Å². The van der Waals surface area contributed by atoms with Crippen LogP contribution in [0, 0.1) is 0 Å². The first-order valence-corrected chi connectivity index (χ1v) is 12.4. The minimum atomic E-state index is -4.40. The largest absolute Gasteiger partial charge is 0.415 e. The zero-order chi connectivity index (χ0) is 27.3. The molecule has 3 aromatic rings. The van der Waals surface area contributed by atoms with Crippen LogP contribution in [0.1, 0.15) is 21.5 Å². The summed E-state index contributed by atoms with van der Waals surface area (Å²) < 4.78 is 44.1. The lowest BCUT2D eigenvalue weighted by molar-refractivity contribution is -0.216. The van der Waals surface area contributed by atoms with Gasteiger partial charge in [0.1, 0.15) is 5.02 Å². The number of nitrogens with one attached hydrogen (secondary N) is 3. The maximum atomic E-state index is 13.1. The molecular weight excluding hydrogens is 521 g/mol. The minimum absolute atomic E-state index is 0.198. The Bertz CT molecular complexity index is 1290. The Morgan fingerprint density at radius 2 is 1.87 bits per heavy atom. The van der Waals surface area contributed by atoms with E-state index in [1.54, 1.807) is 36.2 Å². The molecule has 1 aromatic heterocycles. The van der Waals surface area contributed by atoms with Crippen molar-refractivity contribution in [3.8, 4) is 0 Å². The molecule has 1 amide bonds. The molecule has 0 unspecified atom stereocenters. The third-order valence-corrected chi connectivity index (χ3v) is 6.60. The van der Waals surface area contributed by atoms with Crippen molar-refractivity contribution in [2.24, 2.45) is 0 Å². The van der Waals surface area contributed by atoms with Crippen LogP contribution < -0.4 is 16.0 Å². The van der Waals surface area contributed by atoms with E-state index >= 15 is 0 Å². The normalized spacial score (nSPS) is 14.8. The molecule has 0 aliphatic carbocycles. The SMILES string of the molecule is CNC(=O)c1ccccc1Nc1nc(Nc2ccc3c(c2)CCN(C[C@H](OC)C(F)(F)F)CC3)ncc1Cl. The molecule has 1 aliphatic rings. The number of aromatic nitrogens is 2. The van der Waals surface area contributed by atoms with Crippen LogP contribution in [0.2, 0.25) is 5.02 Å². The van der Waals surface area contributed by atoms with Gasteiger partial charge in [0.2, 0.25) is 5.95 Å². The predicted molar refractivity (Wildman–Crippen MR) is 141 cm³/mol. The van der Waals surface area contributed by atoms with Crippen molar-refractivity contribution < 1.29 is 22.7 Å². The van der Waals surface area contributed by atoms with Crippen LogP contribution in [0.3, 0.4) is 0 Å². The minimum Gasteiger partial charge on any atom is -0.371 e. The van der Waals surface area contributed by atoms with E-state index in [1.165, 1.54) is 6.20 Å². The fourth-order valence-corrected chi connectivity index (χ4v) is 4.41. The zero-order valence-corrected chi connectivity index (χ0v) is 21.7. The van der Waals surface area contributed by atoms with E-state index in [0.29, 0.717) is 43.0 Å². The van der Waals surface area contributed by atoms with Crippen molar-refractivity contribution in [3.05, 3.63) is 70.4 Å². The number of para-hydroxylation sites is 1. The number of hydrogen-bond acceptors (Lipinski definition) is 7. The molecule has 202 valence electrons. The standard InChI is InChI=1S/C26H28ClF3N6O2/c1-31-24(37)19-5-3-4-6-21(19)34-23-20(27)14-32-25(35-23)33-18-8-7-16-9-11-36(12-10-17(16)13-18)15-22(38-2)26(28,29)30/h3-8,13-14,22H,9-12,15H2,1-2H3,(H,31,37)(H2,32,33,34,35)/t22-/m0/s1. The van der Waals surface area contributed by atoms with Gasteiger partial charge in [0.25, 0.3) is 5.91 Å². The molecule has 3 N–H and O–H groups in total. The van der Waals surface area contributed by atoms with Gasteiger partial charge in [-0.25, -0.2) is 4.98 Å². The molecule has 2 aromatic carbocycles. The van der Waals surface area contributed by atoms with E-state index in [4.69, 9.17) is 11.6 Å². The number of benzene rings is 2. The fraction of sp³-hybridized carbons (Fsp3) is 0.346. The second-order valence-electron chi connectivity index (χ2n) is 8.81. The first-order valence-electron chi connectivity index (χ1n) is 12.0. The Kier molecular flexibility index (Phi) is 8.70. The average Bonchev–Trinajstić information content (AvgIpc) is 3.10. The molecule has 0 bridgehead atoms. The highest BCUT2D eigenvalue weighted by atomic mass is 35.5. The van der Waals surface area contributed by atoms with Gasteiger partial charge >= 0.3 is 6.18 Å². The van der Waals surface area contributed by atoms with Crippen LogP contribution >= 0.6 is 11.6 Å². The lowest BCUT2D eigenvalue weighted by Gasteiger charge is -2.26. The Morgan fingerprint density at radius 1 is 1.13 bits per heavy atom. The topological polar surface area (TPSA) is 91.4 Å². The summed E-state index contributed by atoms with van der Waals surface area (Å²) >= 11 is 6.32. The summed E-state index contributed by atoms with van der Waals surface area (Å²) in [5.41, 5.74) is 3.84. The maximum Gasteiger partial charge on any atom is 0.415 e. The maximum absolute atomic E-state index is 13.1. The first kappa shape index (κ1) is 27.6. The third-order valence-electron chi connectivity index (χ3n) is 6.33. The number of fused-ring (bicyclic) bond motifs is 1. The molecule has 4 rings (SSSR count). The fourth-order valence-electron chi connectivity index (χ4n) is 4.27. The van der Waals surface area contributed by atoms with Gasteiger partial charge in [-0.3, -0.25) is 9.69 Å². The molecule has 0 fully saturated rings. The monoisotopic (exact) mass is 548 g/mol. The highest BCUT2D eigenvalue weighted by Gasteiger charge is 2.41. The summed E-state index contributed by atoms with van der Waals surface area (Å²) in [7, 11) is 2.64. The Balaban J connectivity index is 1.47. The van der Waals surface area contributed by atoms with Gasteiger partial charge in [0, 0.05) is 39.5 Å². The van der Waals surface area contributed by atoms with Crippen molar-refractivity contribution >= 4 is 40.6 Å². The van der Waals surface area contributed by atoms with Crippen molar-refractivity contribution in [3.63, 3.8) is 0 Å². The number of halogens is 4. The van der Waals surface area contributed by atoms with Crippen molar-refractivity contribution in [2.45, 2.75) is 25.1 Å².